The minimum atomic E-state index is -5.08. The lowest BCUT2D eigenvalue weighted by atomic mass is 9.81. The lowest BCUT2D eigenvalue weighted by Gasteiger charge is -2.34. The summed E-state index contributed by atoms with van der Waals surface area (Å²) in [5.74, 6) is -4.04. The van der Waals surface area contributed by atoms with Gasteiger partial charge in [-0.3, -0.25) is 19.5 Å². The normalized spacial score (nSPS) is 23.4. The summed E-state index contributed by atoms with van der Waals surface area (Å²) in [6.45, 7) is 5.84. The van der Waals surface area contributed by atoms with Crippen LogP contribution in [0, 0.1) is 17.8 Å². The summed E-state index contributed by atoms with van der Waals surface area (Å²) in [6.07, 6.45) is -5.69. The molecule has 4 rings (SSSR count). The number of pyridine rings is 1. The molecule has 3 saturated heterocycles. The van der Waals surface area contributed by atoms with Crippen LogP contribution in [0.25, 0.3) is 0 Å². The van der Waals surface area contributed by atoms with Crippen LogP contribution in [0.5, 0.6) is 0 Å². The minimum Gasteiger partial charge on any atom is -0.475 e. The largest absolute Gasteiger partial charge is 0.490 e. The number of hydroxylamine groups is 2. The van der Waals surface area contributed by atoms with Gasteiger partial charge in [0.15, 0.2) is 0 Å². The Balaban J connectivity index is 0.000000317. The van der Waals surface area contributed by atoms with Crippen molar-refractivity contribution in [2.45, 2.75) is 38.2 Å². The third kappa shape index (κ3) is 11.0. The molecule has 2 N–H and O–H groups in total. The van der Waals surface area contributed by atoms with Gasteiger partial charge in [-0.05, 0) is 42.7 Å². The molecule has 0 radical (unpaired) electrons. The number of amides is 1. The molecule has 0 aliphatic carbocycles. The lowest BCUT2D eigenvalue weighted by Crippen LogP contribution is -2.41. The van der Waals surface area contributed by atoms with Crippen molar-refractivity contribution in [2.75, 3.05) is 39.5 Å². The van der Waals surface area contributed by atoms with E-state index in [-0.39, 0.29) is 5.91 Å². The van der Waals surface area contributed by atoms with E-state index in [1.807, 2.05) is 18.3 Å². The Morgan fingerprint density at radius 3 is 2.13 bits per heavy atom. The van der Waals surface area contributed by atoms with Crippen molar-refractivity contribution in [3.63, 3.8) is 0 Å². The Bertz CT molecular complexity index is 918. The molecule has 0 spiro atoms. The Hall–Kier alpha value is -2.98. The second-order valence-corrected chi connectivity index (χ2v) is 9.08. The van der Waals surface area contributed by atoms with Crippen LogP contribution in [0.2, 0.25) is 0 Å². The van der Waals surface area contributed by atoms with E-state index in [9.17, 15) is 31.1 Å². The molecular weight excluding hydrogens is 544 g/mol. The number of carbonyl (C=O) groups is 3. The average Bonchev–Trinajstić information content (AvgIpc) is 3.28. The number of carboxylic acid groups (broad SMARTS) is 2. The molecule has 220 valence electrons. The molecule has 16 heteroatoms. The fourth-order valence-electron chi connectivity index (χ4n) is 4.37. The summed E-state index contributed by atoms with van der Waals surface area (Å²) in [4.78, 5) is 42.8. The Labute approximate surface area is 219 Å². The molecular formula is C23H29F6N3O7. The Morgan fingerprint density at radius 2 is 1.62 bits per heavy atom. The van der Waals surface area contributed by atoms with Crippen LogP contribution in [0.4, 0.5) is 26.3 Å². The second kappa shape index (κ2) is 14.4. The summed E-state index contributed by atoms with van der Waals surface area (Å²) >= 11 is 0. The SMILES string of the molecule is O=C(C[C@@H]1COC[C@H]2CN(Cc3ccccn3)C[C@@H]12)N1CCCCO1.O=C(O)C(F)(F)F.O=C(O)C(F)(F)F. The molecule has 10 nitrogen and oxygen atoms in total. The number of nitrogens with zero attached hydrogens (tertiary/aromatic N) is 3. The zero-order valence-corrected chi connectivity index (χ0v) is 20.7. The van der Waals surface area contributed by atoms with Gasteiger partial charge in [0.05, 0.1) is 25.5 Å². The van der Waals surface area contributed by atoms with Crippen LogP contribution in [0.3, 0.4) is 0 Å². The summed E-state index contributed by atoms with van der Waals surface area (Å²) in [7, 11) is 0. The van der Waals surface area contributed by atoms with E-state index < -0.39 is 24.3 Å². The minimum absolute atomic E-state index is 0.122. The molecule has 39 heavy (non-hydrogen) atoms. The highest BCUT2D eigenvalue weighted by molar-refractivity contribution is 5.75. The van der Waals surface area contributed by atoms with Gasteiger partial charge in [-0.1, -0.05) is 6.07 Å². The summed E-state index contributed by atoms with van der Waals surface area (Å²) in [5.41, 5.74) is 1.11. The van der Waals surface area contributed by atoms with Gasteiger partial charge in [-0.2, -0.15) is 26.3 Å². The summed E-state index contributed by atoms with van der Waals surface area (Å²) in [5, 5.41) is 15.8. The maximum absolute atomic E-state index is 12.5. The first-order valence-corrected chi connectivity index (χ1v) is 11.9. The first kappa shape index (κ1) is 32.2. The van der Waals surface area contributed by atoms with Crippen LogP contribution >= 0.6 is 0 Å². The zero-order chi connectivity index (χ0) is 29.2. The van der Waals surface area contributed by atoms with Gasteiger partial charge in [0.1, 0.15) is 0 Å². The van der Waals surface area contributed by atoms with Crippen LogP contribution in [0.1, 0.15) is 25.0 Å². The molecule has 0 aromatic carbocycles. The molecule has 1 aromatic heterocycles. The monoisotopic (exact) mass is 573 g/mol. The second-order valence-electron chi connectivity index (χ2n) is 9.08. The highest BCUT2D eigenvalue weighted by Crippen LogP contribution is 2.36. The highest BCUT2D eigenvalue weighted by atomic mass is 19.4. The molecule has 0 unspecified atom stereocenters. The quantitative estimate of drug-likeness (QED) is 0.523. The van der Waals surface area contributed by atoms with Crippen LogP contribution in [-0.4, -0.2) is 94.8 Å². The number of ether oxygens (including phenoxy) is 1. The maximum Gasteiger partial charge on any atom is 0.490 e. The first-order chi connectivity index (χ1) is 18.2. The van der Waals surface area contributed by atoms with Crippen molar-refractivity contribution < 1.29 is 60.5 Å². The van der Waals surface area contributed by atoms with Crippen molar-refractivity contribution in [1.29, 1.82) is 0 Å². The highest BCUT2D eigenvalue weighted by Gasteiger charge is 2.42. The standard InChI is InChI=1S/C19H27N3O3.2C2HF3O2/c23-19(22-7-3-4-8-25-22)9-15-13-24-14-16-10-21(12-18(15)16)11-17-5-1-2-6-20-17;2*3-2(4,5)1(6)7/h1-2,5-6,15-16,18H,3-4,7-14H2;2*(H,6,7)/t15-,16-,18+;;/m1../s1. The van der Waals surface area contributed by atoms with Gasteiger partial charge in [0, 0.05) is 38.8 Å². The van der Waals surface area contributed by atoms with Crippen LogP contribution in [-0.2, 0) is 30.5 Å². The number of aliphatic carboxylic acids is 2. The third-order valence-electron chi connectivity index (χ3n) is 6.15. The van der Waals surface area contributed by atoms with E-state index in [0.717, 1.165) is 51.3 Å². The van der Waals surface area contributed by atoms with E-state index in [1.54, 1.807) is 5.06 Å². The van der Waals surface area contributed by atoms with Crippen molar-refractivity contribution >= 4 is 17.8 Å². The number of alkyl halides is 6. The van der Waals surface area contributed by atoms with Crippen LogP contribution in [0.15, 0.2) is 24.4 Å². The number of carbonyl (C=O) groups excluding carboxylic acids is 1. The Morgan fingerprint density at radius 1 is 0.974 bits per heavy atom. The van der Waals surface area contributed by atoms with Gasteiger partial charge >= 0.3 is 24.3 Å². The number of fused-ring (bicyclic) bond motifs is 1. The van der Waals surface area contributed by atoms with Crippen molar-refractivity contribution in [3.05, 3.63) is 30.1 Å². The molecule has 1 amide bonds. The smallest absolute Gasteiger partial charge is 0.475 e. The first-order valence-electron chi connectivity index (χ1n) is 11.9. The molecule has 1 aromatic rings. The number of likely N-dealkylation sites (tertiary alicyclic amines) is 1. The number of hydrogen-bond acceptors (Lipinski definition) is 7. The molecule has 3 atom stereocenters. The van der Waals surface area contributed by atoms with E-state index in [1.165, 1.54) is 0 Å². The number of halogens is 6. The van der Waals surface area contributed by atoms with Gasteiger partial charge in [0.2, 0.25) is 5.91 Å². The van der Waals surface area contributed by atoms with Gasteiger partial charge < -0.3 is 14.9 Å². The predicted molar refractivity (Wildman–Crippen MR) is 120 cm³/mol. The van der Waals surface area contributed by atoms with E-state index in [4.69, 9.17) is 29.4 Å². The molecule has 0 bridgehead atoms. The predicted octanol–water partition coefficient (Wildman–Crippen LogP) is 2.99. The van der Waals surface area contributed by atoms with Crippen molar-refractivity contribution in [2.24, 2.45) is 17.8 Å². The van der Waals surface area contributed by atoms with E-state index in [0.29, 0.717) is 37.4 Å². The maximum atomic E-state index is 12.5. The topological polar surface area (TPSA) is 130 Å². The number of aromatic nitrogens is 1. The molecule has 3 aliphatic heterocycles. The molecule has 4 heterocycles. The fraction of sp³-hybridized carbons (Fsp3) is 0.652. The fourth-order valence-corrected chi connectivity index (χ4v) is 4.37. The number of hydrogen-bond donors (Lipinski definition) is 2. The van der Waals surface area contributed by atoms with Crippen LogP contribution < -0.4 is 0 Å². The Kier molecular flexibility index (Phi) is 11.9. The van der Waals surface area contributed by atoms with Gasteiger partial charge in [-0.15, -0.1) is 0 Å². The number of rotatable bonds is 4. The average molecular weight is 573 g/mol. The van der Waals surface area contributed by atoms with E-state index >= 15 is 0 Å². The molecule has 3 fully saturated rings. The van der Waals surface area contributed by atoms with Crippen molar-refractivity contribution in [3.8, 4) is 0 Å². The zero-order valence-electron chi connectivity index (χ0n) is 20.7. The summed E-state index contributed by atoms with van der Waals surface area (Å²) < 4.78 is 69.3. The molecule has 3 aliphatic rings. The number of carboxylic acids is 2. The van der Waals surface area contributed by atoms with Gasteiger partial charge in [0.25, 0.3) is 0 Å². The van der Waals surface area contributed by atoms with Gasteiger partial charge in [-0.25, -0.2) is 14.7 Å². The van der Waals surface area contributed by atoms with Crippen molar-refractivity contribution in [1.82, 2.24) is 14.9 Å². The van der Waals surface area contributed by atoms with E-state index in [2.05, 4.69) is 16.0 Å². The molecule has 0 saturated carbocycles. The lowest BCUT2D eigenvalue weighted by molar-refractivity contribution is -0.199. The third-order valence-corrected chi connectivity index (χ3v) is 6.15. The summed E-state index contributed by atoms with van der Waals surface area (Å²) in [6, 6.07) is 6.06.